The minimum Gasteiger partial charge on any atom is -0.399 e. The molecule has 1 amide bonds. The highest BCUT2D eigenvalue weighted by Gasteiger charge is 2.20. The van der Waals surface area contributed by atoms with Gasteiger partial charge in [-0.05, 0) is 32.0 Å². The van der Waals surface area contributed by atoms with E-state index in [0.717, 1.165) is 0 Å². The van der Waals surface area contributed by atoms with Crippen LogP contribution in [0.25, 0.3) is 0 Å². The lowest BCUT2D eigenvalue weighted by molar-refractivity contribution is 0.0579. The van der Waals surface area contributed by atoms with E-state index in [1.165, 1.54) is 0 Å². The van der Waals surface area contributed by atoms with Crippen molar-refractivity contribution in [2.45, 2.75) is 19.9 Å². The highest BCUT2D eigenvalue weighted by Crippen LogP contribution is 2.18. The molecule has 1 rings (SSSR count). The van der Waals surface area contributed by atoms with Gasteiger partial charge in [0, 0.05) is 29.9 Å². The molecule has 100 valence electrons. The molecule has 0 bridgehead atoms. The van der Waals surface area contributed by atoms with Crippen LogP contribution in [0.1, 0.15) is 24.2 Å². The second-order valence-corrected chi connectivity index (χ2v) is 4.61. The number of likely N-dealkylation sites (N-methyl/N-ethyl adjacent to an activating group) is 1. The molecule has 0 saturated carbocycles. The first-order valence-electron chi connectivity index (χ1n) is 5.85. The minimum atomic E-state index is -0.0868. The predicted molar refractivity (Wildman–Crippen MR) is 73.9 cm³/mol. The topological polar surface area (TPSA) is 55.6 Å². The van der Waals surface area contributed by atoms with Crippen LogP contribution in [0.5, 0.6) is 0 Å². The maximum atomic E-state index is 12.4. The second kappa shape index (κ2) is 6.61. The van der Waals surface area contributed by atoms with Gasteiger partial charge in [0.2, 0.25) is 0 Å². The minimum absolute atomic E-state index is 0.00714. The Labute approximate surface area is 113 Å². The third kappa shape index (κ3) is 3.62. The summed E-state index contributed by atoms with van der Waals surface area (Å²) >= 11 is 5.91. The number of nitrogens with zero attached hydrogens (tertiary/aromatic N) is 1. The van der Waals surface area contributed by atoms with Gasteiger partial charge in [-0.1, -0.05) is 11.6 Å². The van der Waals surface area contributed by atoms with Crippen LogP contribution < -0.4 is 5.73 Å². The van der Waals surface area contributed by atoms with Gasteiger partial charge in [0.1, 0.15) is 0 Å². The van der Waals surface area contributed by atoms with Gasteiger partial charge in [-0.2, -0.15) is 0 Å². The van der Waals surface area contributed by atoms with Crippen molar-refractivity contribution in [3.63, 3.8) is 0 Å². The molecule has 1 atom stereocenters. The molecular formula is C13H19ClN2O2. The molecule has 2 N–H and O–H groups in total. The van der Waals surface area contributed by atoms with E-state index in [9.17, 15) is 4.79 Å². The van der Waals surface area contributed by atoms with Crippen molar-refractivity contribution in [2.75, 3.05) is 26.0 Å². The van der Waals surface area contributed by atoms with Crippen LogP contribution in [-0.2, 0) is 4.74 Å². The van der Waals surface area contributed by atoms with Crippen molar-refractivity contribution in [1.82, 2.24) is 4.90 Å². The van der Waals surface area contributed by atoms with Gasteiger partial charge >= 0.3 is 0 Å². The van der Waals surface area contributed by atoms with Gasteiger partial charge in [-0.3, -0.25) is 4.79 Å². The SMILES string of the molecule is CCN(C(=O)c1cc(N)cc(Cl)c1)C(C)COC. The van der Waals surface area contributed by atoms with Gasteiger partial charge in [-0.25, -0.2) is 0 Å². The van der Waals surface area contributed by atoms with Crippen LogP contribution in [0.15, 0.2) is 18.2 Å². The number of nitrogen functional groups attached to an aromatic ring is 1. The fraction of sp³-hybridized carbons (Fsp3) is 0.462. The summed E-state index contributed by atoms with van der Waals surface area (Å²) in [6, 6.07) is 4.89. The summed E-state index contributed by atoms with van der Waals surface area (Å²) in [7, 11) is 1.62. The molecule has 0 radical (unpaired) electrons. The van der Waals surface area contributed by atoms with Gasteiger partial charge in [0.05, 0.1) is 12.6 Å². The number of hydrogen-bond donors (Lipinski definition) is 1. The lowest BCUT2D eigenvalue weighted by atomic mass is 10.1. The Hall–Kier alpha value is -1.26. The Morgan fingerprint density at radius 3 is 2.67 bits per heavy atom. The normalized spacial score (nSPS) is 12.2. The molecule has 0 fully saturated rings. The molecule has 0 heterocycles. The van der Waals surface area contributed by atoms with Gasteiger partial charge in [-0.15, -0.1) is 0 Å². The van der Waals surface area contributed by atoms with E-state index in [-0.39, 0.29) is 11.9 Å². The Balaban J connectivity index is 2.96. The van der Waals surface area contributed by atoms with Crippen molar-refractivity contribution in [3.05, 3.63) is 28.8 Å². The van der Waals surface area contributed by atoms with Gasteiger partial charge in [0.25, 0.3) is 5.91 Å². The van der Waals surface area contributed by atoms with Crippen LogP contribution >= 0.6 is 11.6 Å². The van der Waals surface area contributed by atoms with E-state index in [0.29, 0.717) is 29.4 Å². The fourth-order valence-corrected chi connectivity index (χ4v) is 2.13. The molecule has 0 spiro atoms. The summed E-state index contributed by atoms with van der Waals surface area (Å²) in [4.78, 5) is 14.1. The Bertz CT molecular complexity index is 403. The zero-order valence-electron chi connectivity index (χ0n) is 10.9. The molecule has 0 aliphatic carbocycles. The van der Waals surface area contributed by atoms with Crippen molar-refractivity contribution in [3.8, 4) is 0 Å². The summed E-state index contributed by atoms with van der Waals surface area (Å²) in [5.41, 5.74) is 6.69. The smallest absolute Gasteiger partial charge is 0.254 e. The quantitative estimate of drug-likeness (QED) is 0.836. The van der Waals surface area contributed by atoms with E-state index in [2.05, 4.69) is 0 Å². The van der Waals surface area contributed by atoms with Gasteiger partial charge in [0.15, 0.2) is 0 Å². The number of rotatable bonds is 5. The zero-order chi connectivity index (χ0) is 13.7. The summed E-state index contributed by atoms with van der Waals surface area (Å²) < 4.78 is 5.08. The summed E-state index contributed by atoms with van der Waals surface area (Å²) in [6.07, 6.45) is 0. The number of benzene rings is 1. The molecule has 5 heteroatoms. The molecular weight excluding hydrogens is 252 g/mol. The molecule has 4 nitrogen and oxygen atoms in total. The van der Waals surface area contributed by atoms with Crippen molar-refractivity contribution in [2.24, 2.45) is 0 Å². The first-order chi connectivity index (χ1) is 8.49. The van der Waals surface area contributed by atoms with E-state index in [1.54, 1.807) is 30.2 Å². The highest BCUT2D eigenvalue weighted by atomic mass is 35.5. The van der Waals surface area contributed by atoms with Crippen LogP contribution in [0.2, 0.25) is 5.02 Å². The number of amides is 1. The number of ether oxygens (including phenoxy) is 1. The van der Waals surface area contributed by atoms with Gasteiger partial charge < -0.3 is 15.4 Å². The molecule has 0 saturated heterocycles. The zero-order valence-corrected chi connectivity index (χ0v) is 11.7. The molecule has 0 aromatic heterocycles. The first-order valence-corrected chi connectivity index (χ1v) is 6.23. The second-order valence-electron chi connectivity index (χ2n) is 4.17. The monoisotopic (exact) mass is 270 g/mol. The number of carbonyl (C=O) groups is 1. The average molecular weight is 271 g/mol. The number of hydrogen-bond acceptors (Lipinski definition) is 3. The summed E-state index contributed by atoms with van der Waals surface area (Å²) in [6.45, 7) is 4.97. The summed E-state index contributed by atoms with van der Waals surface area (Å²) in [5, 5.41) is 0.466. The van der Waals surface area contributed by atoms with Crippen LogP contribution in [-0.4, -0.2) is 37.1 Å². The lowest BCUT2D eigenvalue weighted by Gasteiger charge is -2.27. The predicted octanol–water partition coefficient (Wildman–Crippen LogP) is 2.42. The molecule has 1 unspecified atom stereocenters. The third-order valence-corrected chi connectivity index (χ3v) is 2.93. The Kier molecular flexibility index (Phi) is 5.44. The van der Waals surface area contributed by atoms with Crippen LogP contribution in [0, 0.1) is 0 Å². The van der Waals surface area contributed by atoms with Crippen molar-refractivity contribution in [1.29, 1.82) is 0 Å². The fourth-order valence-electron chi connectivity index (χ4n) is 1.89. The molecule has 0 aliphatic rings. The number of halogens is 1. The molecule has 1 aromatic carbocycles. The number of nitrogens with two attached hydrogens (primary N) is 1. The largest absolute Gasteiger partial charge is 0.399 e. The van der Waals surface area contributed by atoms with Crippen LogP contribution in [0.4, 0.5) is 5.69 Å². The lowest BCUT2D eigenvalue weighted by Crippen LogP contribution is -2.40. The standard InChI is InChI=1S/C13H19ClN2O2/c1-4-16(9(2)8-18-3)13(17)10-5-11(14)7-12(15)6-10/h5-7,9H,4,8,15H2,1-3H3. The van der Waals surface area contributed by atoms with E-state index < -0.39 is 0 Å². The Morgan fingerprint density at radius 1 is 1.50 bits per heavy atom. The van der Waals surface area contributed by atoms with E-state index in [4.69, 9.17) is 22.1 Å². The third-order valence-electron chi connectivity index (χ3n) is 2.71. The highest BCUT2D eigenvalue weighted by molar-refractivity contribution is 6.31. The van der Waals surface area contributed by atoms with E-state index in [1.807, 2.05) is 13.8 Å². The molecule has 1 aromatic rings. The van der Waals surface area contributed by atoms with Crippen molar-refractivity contribution >= 4 is 23.2 Å². The maximum absolute atomic E-state index is 12.4. The molecule has 0 aliphatic heterocycles. The summed E-state index contributed by atoms with van der Waals surface area (Å²) in [5.74, 6) is -0.0868. The van der Waals surface area contributed by atoms with Crippen molar-refractivity contribution < 1.29 is 9.53 Å². The van der Waals surface area contributed by atoms with E-state index >= 15 is 0 Å². The average Bonchev–Trinajstić information content (AvgIpc) is 2.28. The Morgan fingerprint density at radius 2 is 2.17 bits per heavy atom. The van der Waals surface area contributed by atoms with Crippen LogP contribution in [0.3, 0.4) is 0 Å². The number of anilines is 1. The number of methoxy groups -OCH3 is 1. The molecule has 18 heavy (non-hydrogen) atoms. The number of carbonyl (C=O) groups excluding carboxylic acids is 1. The first kappa shape index (κ1) is 14.8. The maximum Gasteiger partial charge on any atom is 0.254 e.